The van der Waals surface area contributed by atoms with Crippen LogP contribution >= 0.6 is 0 Å². The van der Waals surface area contributed by atoms with E-state index in [-0.39, 0.29) is 84.9 Å². The van der Waals surface area contributed by atoms with Gasteiger partial charge in [-0.15, -0.1) is 0 Å². The number of likely N-dealkylation sites (tertiary alicyclic amines) is 1. The molecule has 3 amide bonds. The molecule has 92 heavy (non-hydrogen) atoms. The fourth-order valence-corrected chi connectivity index (χ4v) is 21.3. The van der Waals surface area contributed by atoms with Gasteiger partial charge in [-0.2, -0.15) is 0 Å². The van der Waals surface area contributed by atoms with Crippen molar-refractivity contribution in [3.8, 4) is 0 Å². The summed E-state index contributed by atoms with van der Waals surface area (Å²) in [4.78, 5) is 102. The Labute approximate surface area is 554 Å². The molecule has 19 nitrogen and oxygen atoms in total. The standard InChI is InChI=1S/C71H119N3O16Si2/c1-17-34-85-36-38-87-40-42-89-43-41-88-39-37-86-35-24-29-58(75)46-56-28-22-30-59(47-56)92(15,16)90-91(13,14)44-25-32-65(78)72(9)67(52(5)6)63(77)49-60(51(3)4)70(80)73(10)68(53(7)18-2)64(83-11)50-66(79)74-33-23-31-61(74)69(84-12)54(8)62(76)48-57(71(81)82)45-55-26-20-19-21-27-55/h19-22,26-28,30,47,51-54,57,60-61,64,67-69H,17-18,23-25,29,31-46,48-50H2,1-16H3,(H,81,82)/t53-,54-,57+,60-,61-,64+,67-,68-,69+/m0/s1. The summed E-state index contributed by atoms with van der Waals surface area (Å²) >= 11 is 0. The maximum Gasteiger partial charge on any atom is 0.307 e. The van der Waals surface area contributed by atoms with Gasteiger partial charge < -0.3 is 57.1 Å². The Hall–Kier alpha value is -4.56. The van der Waals surface area contributed by atoms with Crippen molar-refractivity contribution in [2.45, 2.75) is 201 Å². The second-order valence-corrected chi connectivity index (χ2v) is 35.4. The Morgan fingerprint density at radius 2 is 1.25 bits per heavy atom. The normalized spacial score (nSPS) is 16.4. The first kappa shape index (κ1) is 81.7. The van der Waals surface area contributed by atoms with E-state index in [0.717, 1.165) is 35.4 Å². The van der Waals surface area contributed by atoms with E-state index in [2.05, 4.69) is 45.2 Å². The summed E-state index contributed by atoms with van der Waals surface area (Å²) in [5.41, 5.74) is 1.79. The van der Waals surface area contributed by atoms with E-state index in [1.54, 1.807) is 42.8 Å². The smallest absolute Gasteiger partial charge is 0.307 e. The summed E-state index contributed by atoms with van der Waals surface area (Å²) in [6.45, 7) is 30.0. The zero-order valence-corrected chi connectivity index (χ0v) is 61.1. The van der Waals surface area contributed by atoms with Crippen molar-refractivity contribution in [1.29, 1.82) is 0 Å². The lowest BCUT2D eigenvalue weighted by Crippen LogP contribution is -2.54. The van der Waals surface area contributed by atoms with Gasteiger partial charge in [0.1, 0.15) is 11.6 Å². The summed E-state index contributed by atoms with van der Waals surface area (Å²) in [7, 11) is 1.72. The van der Waals surface area contributed by atoms with E-state index in [1.165, 1.54) is 7.11 Å². The molecule has 1 N–H and O–H groups in total. The molecule has 3 rings (SSSR count). The van der Waals surface area contributed by atoms with Crippen LogP contribution in [0.2, 0.25) is 32.2 Å². The molecule has 1 aliphatic rings. The maximum absolute atomic E-state index is 14.9. The number of hydrogen-bond acceptors (Lipinski definition) is 15. The maximum atomic E-state index is 14.9. The largest absolute Gasteiger partial charge is 0.481 e. The van der Waals surface area contributed by atoms with Gasteiger partial charge in [0.25, 0.3) is 0 Å². The molecule has 0 spiro atoms. The van der Waals surface area contributed by atoms with Crippen LogP contribution in [0.5, 0.6) is 0 Å². The summed E-state index contributed by atoms with van der Waals surface area (Å²) in [5.74, 6) is -4.79. The highest BCUT2D eigenvalue weighted by Gasteiger charge is 2.44. The van der Waals surface area contributed by atoms with Crippen LogP contribution in [0.15, 0.2) is 54.6 Å². The van der Waals surface area contributed by atoms with Crippen LogP contribution in [0.3, 0.4) is 0 Å². The van der Waals surface area contributed by atoms with Crippen molar-refractivity contribution in [2.24, 2.45) is 35.5 Å². The molecule has 1 saturated heterocycles. The minimum absolute atomic E-state index is 0.0456. The number of rotatable bonds is 50. The van der Waals surface area contributed by atoms with Gasteiger partial charge in [-0.25, -0.2) is 0 Å². The van der Waals surface area contributed by atoms with E-state index >= 15 is 0 Å². The molecular formula is C71H119N3O16Si2. The highest BCUT2D eigenvalue weighted by molar-refractivity contribution is 6.92. The van der Waals surface area contributed by atoms with Gasteiger partial charge >= 0.3 is 5.97 Å². The van der Waals surface area contributed by atoms with Crippen molar-refractivity contribution < 1.29 is 75.9 Å². The average Bonchev–Trinajstić information content (AvgIpc) is 1.29. The topological polar surface area (TPSA) is 223 Å². The number of Topliss-reactive ketones (excluding diaryl/α,β-unsaturated/α-hetero) is 3. The van der Waals surface area contributed by atoms with Gasteiger partial charge in [-0.1, -0.05) is 116 Å². The predicted octanol–water partition coefficient (Wildman–Crippen LogP) is 10.0. The summed E-state index contributed by atoms with van der Waals surface area (Å²) in [5, 5.41) is 11.2. The van der Waals surface area contributed by atoms with E-state index in [0.29, 0.717) is 111 Å². The lowest BCUT2D eigenvalue weighted by molar-refractivity contribution is -0.150. The zero-order valence-electron chi connectivity index (χ0n) is 59.1. The fraction of sp³-hybridized carbons (Fsp3) is 0.732. The Morgan fingerprint density at radius 3 is 1.79 bits per heavy atom. The quantitative estimate of drug-likeness (QED) is 0.0480. The van der Waals surface area contributed by atoms with Crippen LogP contribution in [0.4, 0.5) is 0 Å². The molecule has 0 bridgehead atoms. The van der Waals surface area contributed by atoms with Crippen LogP contribution < -0.4 is 5.19 Å². The predicted molar refractivity (Wildman–Crippen MR) is 365 cm³/mol. The van der Waals surface area contributed by atoms with Crippen LogP contribution in [0.1, 0.15) is 137 Å². The van der Waals surface area contributed by atoms with Gasteiger partial charge in [0.2, 0.25) is 26.0 Å². The van der Waals surface area contributed by atoms with Crippen molar-refractivity contribution in [2.75, 3.05) is 101 Å². The van der Waals surface area contributed by atoms with Crippen molar-refractivity contribution >= 4 is 62.9 Å². The van der Waals surface area contributed by atoms with Crippen LogP contribution in [-0.2, 0) is 83.7 Å². The number of ketones is 3. The van der Waals surface area contributed by atoms with E-state index in [1.807, 2.05) is 84.0 Å². The number of benzene rings is 2. The van der Waals surface area contributed by atoms with Crippen LogP contribution in [-0.4, -0.2) is 209 Å². The molecular weight excluding hydrogens is 1210 g/mol. The summed E-state index contributed by atoms with van der Waals surface area (Å²) in [6, 6.07) is 16.4. The number of carboxylic acid groups (broad SMARTS) is 1. The number of aliphatic carboxylic acids is 1. The number of amides is 3. The Morgan fingerprint density at radius 1 is 0.663 bits per heavy atom. The van der Waals surface area contributed by atoms with Crippen LogP contribution in [0.25, 0.3) is 0 Å². The first-order valence-electron chi connectivity index (χ1n) is 34.0. The minimum Gasteiger partial charge on any atom is -0.481 e. The number of carbonyl (C=O) groups is 7. The number of hydrogen-bond donors (Lipinski definition) is 1. The highest BCUT2D eigenvalue weighted by atomic mass is 28.4. The van der Waals surface area contributed by atoms with Crippen molar-refractivity contribution in [3.05, 3.63) is 65.7 Å². The SMILES string of the molecule is CCCOCCOCCOCCOCCOCCCC(=O)Cc1cccc([Si](C)(C)O[Si](C)(C)CCCC(=O)N(C)[C@H](C(=O)C[C@H](C(=O)N(C)[C@@H]([C@@H](C)CC)[C@@H](CC(=O)N2CCC[C@H]2[C@H](OC)[C@@H](C)C(=O)C[C@@H](Cc2ccccc2)C(=O)O)OC)C(C)C)C(C)C)c1. The van der Waals surface area contributed by atoms with Crippen molar-refractivity contribution in [1.82, 2.24) is 14.7 Å². The van der Waals surface area contributed by atoms with E-state index in [4.69, 9.17) is 37.3 Å². The molecule has 9 atom stereocenters. The van der Waals surface area contributed by atoms with Gasteiger partial charge in [-0.05, 0) is 105 Å². The molecule has 2 aromatic carbocycles. The summed E-state index contributed by atoms with van der Waals surface area (Å²) < 4.78 is 46.8. The highest BCUT2D eigenvalue weighted by Crippen LogP contribution is 2.33. The molecule has 0 aromatic heterocycles. The molecule has 522 valence electrons. The molecule has 21 heteroatoms. The molecule has 1 fully saturated rings. The first-order chi connectivity index (χ1) is 43.6. The van der Waals surface area contributed by atoms with Crippen molar-refractivity contribution in [3.63, 3.8) is 0 Å². The van der Waals surface area contributed by atoms with Gasteiger partial charge in [0.05, 0.1) is 95.5 Å². The Kier molecular flexibility index (Phi) is 38.0. The molecule has 1 heterocycles. The van der Waals surface area contributed by atoms with Gasteiger partial charge in [0, 0.05) is 92.0 Å². The molecule has 0 saturated carbocycles. The summed E-state index contributed by atoms with van der Waals surface area (Å²) in [6.07, 6.45) is 3.72. The third-order valence-electron chi connectivity index (χ3n) is 18.1. The number of nitrogens with zero attached hydrogens (tertiary/aromatic N) is 3. The van der Waals surface area contributed by atoms with Gasteiger partial charge in [-0.3, -0.25) is 33.6 Å². The second-order valence-electron chi connectivity index (χ2n) is 27.0. The number of ether oxygens (including phenoxy) is 7. The Balaban J connectivity index is 1.55. The molecule has 2 aromatic rings. The Bertz CT molecular complexity index is 2520. The third kappa shape index (κ3) is 28.0. The monoisotopic (exact) mass is 1330 g/mol. The lowest BCUT2D eigenvalue weighted by Gasteiger charge is -2.41. The third-order valence-corrected chi connectivity index (χ3v) is 25.6. The van der Waals surface area contributed by atoms with Crippen LogP contribution in [0, 0.1) is 35.5 Å². The molecule has 0 aliphatic carbocycles. The molecule has 0 unspecified atom stereocenters. The first-order valence-corrected chi connectivity index (χ1v) is 40.1. The van der Waals surface area contributed by atoms with E-state index in [9.17, 15) is 38.7 Å². The zero-order chi connectivity index (χ0) is 68.6. The number of likely N-dealkylation sites (N-methyl/N-ethyl adjacent to an activating group) is 2. The minimum atomic E-state index is -2.44. The van der Waals surface area contributed by atoms with E-state index < -0.39 is 70.7 Å². The lowest BCUT2D eigenvalue weighted by atomic mass is 9.83. The number of methoxy groups -OCH3 is 2. The van der Waals surface area contributed by atoms with Gasteiger partial charge in [0.15, 0.2) is 14.1 Å². The molecule has 1 aliphatic heterocycles. The number of carboxylic acids is 1. The second kappa shape index (κ2) is 42.8. The molecule has 0 radical (unpaired) electrons. The fourth-order valence-electron chi connectivity index (χ4n) is 12.8. The average molecular weight is 1330 g/mol. The number of carbonyl (C=O) groups excluding carboxylic acids is 6.